The van der Waals surface area contributed by atoms with Crippen LogP contribution in [-0.4, -0.2) is 32.5 Å². The Labute approximate surface area is 100 Å². The van der Waals surface area contributed by atoms with E-state index < -0.39 is 0 Å². The minimum absolute atomic E-state index is 0.0756. The van der Waals surface area contributed by atoms with Gasteiger partial charge in [0.15, 0.2) is 0 Å². The number of rotatable bonds is 4. The highest BCUT2D eigenvalue weighted by Gasteiger charge is 2.14. The van der Waals surface area contributed by atoms with Crippen molar-refractivity contribution in [3.63, 3.8) is 0 Å². The molecular weight excluding hydrogens is 224 g/mol. The first-order chi connectivity index (χ1) is 7.84. The summed E-state index contributed by atoms with van der Waals surface area (Å²) in [4.78, 5) is 1.11. The maximum Gasteiger partial charge on any atom is 0.105 e. The molecule has 88 valence electrons. The average molecular weight is 240 g/mol. The van der Waals surface area contributed by atoms with E-state index in [0.717, 1.165) is 4.90 Å². The maximum atomic E-state index is 5.51. The summed E-state index contributed by atoms with van der Waals surface area (Å²) in [5, 5.41) is 0. The van der Waals surface area contributed by atoms with Gasteiger partial charge >= 0.3 is 0 Å². The molecule has 1 saturated heterocycles. The molecule has 1 heterocycles. The Hall–Kier alpha value is -0.550. The van der Waals surface area contributed by atoms with Crippen molar-refractivity contribution in [1.82, 2.24) is 0 Å². The van der Waals surface area contributed by atoms with Crippen LogP contribution < -0.4 is 0 Å². The molecule has 0 saturated carbocycles. The van der Waals surface area contributed by atoms with Crippen LogP contribution in [0.2, 0.25) is 0 Å². The lowest BCUT2D eigenvalue weighted by Gasteiger charge is -2.22. The van der Waals surface area contributed by atoms with Gasteiger partial charge in [-0.15, -0.1) is 0 Å². The monoisotopic (exact) mass is 240 g/mol. The van der Waals surface area contributed by atoms with E-state index in [4.69, 9.17) is 13.7 Å². The molecule has 0 radical (unpaired) electrons. The fourth-order valence-corrected chi connectivity index (χ4v) is 2.01. The zero-order valence-corrected chi connectivity index (χ0v) is 10.2. The molecule has 4 heteroatoms. The standard InChI is InChI=1S/C12H16O3S/c1-10-2-4-12(5-3-10)16-15-9-11-8-13-6-7-14-11/h2-5,11H,6-9H2,1H3/t11-/m0/s1. The van der Waals surface area contributed by atoms with Crippen LogP contribution in [0.1, 0.15) is 5.56 Å². The van der Waals surface area contributed by atoms with Crippen molar-refractivity contribution in [3.05, 3.63) is 29.8 Å². The summed E-state index contributed by atoms with van der Waals surface area (Å²) >= 11 is 1.39. The summed E-state index contributed by atoms with van der Waals surface area (Å²) in [6.45, 7) is 4.64. The summed E-state index contributed by atoms with van der Waals surface area (Å²) in [5.41, 5.74) is 1.26. The van der Waals surface area contributed by atoms with E-state index in [1.165, 1.54) is 17.6 Å². The topological polar surface area (TPSA) is 27.7 Å². The van der Waals surface area contributed by atoms with Crippen molar-refractivity contribution in [2.75, 3.05) is 26.4 Å². The molecule has 1 aliphatic heterocycles. The highest BCUT2D eigenvalue weighted by molar-refractivity contribution is 7.94. The second-order valence-corrected chi connectivity index (χ2v) is 4.62. The van der Waals surface area contributed by atoms with Crippen LogP contribution in [0.4, 0.5) is 0 Å². The van der Waals surface area contributed by atoms with Crippen LogP contribution >= 0.6 is 12.0 Å². The Kier molecular flexibility index (Phi) is 4.66. The molecule has 0 aromatic heterocycles. The highest BCUT2D eigenvalue weighted by atomic mass is 32.2. The van der Waals surface area contributed by atoms with Crippen LogP contribution in [0.3, 0.4) is 0 Å². The lowest BCUT2D eigenvalue weighted by Crippen LogP contribution is -2.31. The van der Waals surface area contributed by atoms with Crippen molar-refractivity contribution in [2.45, 2.75) is 17.9 Å². The van der Waals surface area contributed by atoms with Gasteiger partial charge in [-0.05, 0) is 19.1 Å². The molecule has 0 spiro atoms. The van der Waals surface area contributed by atoms with Crippen LogP contribution in [-0.2, 0) is 13.7 Å². The van der Waals surface area contributed by atoms with E-state index in [-0.39, 0.29) is 6.10 Å². The first kappa shape index (κ1) is 11.9. The minimum Gasteiger partial charge on any atom is -0.376 e. The zero-order chi connectivity index (χ0) is 11.2. The predicted molar refractivity (Wildman–Crippen MR) is 63.5 cm³/mol. The summed E-state index contributed by atoms with van der Waals surface area (Å²) in [6.07, 6.45) is 0.0756. The first-order valence-corrected chi connectivity index (χ1v) is 6.14. The van der Waals surface area contributed by atoms with E-state index in [2.05, 4.69) is 31.2 Å². The molecule has 0 N–H and O–H groups in total. The van der Waals surface area contributed by atoms with Gasteiger partial charge in [-0.25, -0.2) is 0 Å². The van der Waals surface area contributed by atoms with Gasteiger partial charge in [0.25, 0.3) is 0 Å². The number of hydrogen-bond donors (Lipinski definition) is 0. The molecule has 16 heavy (non-hydrogen) atoms. The quantitative estimate of drug-likeness (QED) is 0.755. The van der Waals surface area contributed by atoms with Crippen molar-refractivity contribution < 1.29 is 13.7 Å². The van der Waals surface area contributed by atoms with Crippen LogP contribution in [0.5, 0.6) is 0 Å². The second-order valence-electron chi connectivity index (χ2n) is 3.75. The van der Waals surface area contributed by atoms with Crippen molar-refractivity contribution in [3.8, 4) is 0 Å². The molecule has 0 bridgehead atoms. The van der Waals surface area contributed by atoms with E-state index in [1.807, 2.05) is 0 Å². The zero-order valence-electron chi connectivity index (χ0n) is 9.35. The maximum absolute atomic E-state index is 5.51. The third-order valence-electron chi connectivity index (χ3n) is 2.32. The molecule has 1 aromatic carbocycles. The third-order valence-corrected chi connectivity index (χ3v) is 3.03. The molecule has 1 fully saturated rings. The van der Waals surface area contributed by atoms with Gasteiger partial charge in [0.1, 0.15) is 6.10 Å². The minimum atomic E-state index is 0.0756. The number of aryl methyl sites for hydroxylation is 1. The van der Waals surface area contributed by atoms with E-state index in [9.17, 15) is 0 Å². The van der Waals surface area contributed by atoms with Crippen LogP contribution in [0, 0.1) is 6.92 Å². The fourth-order valence-electron chi connectivity index (χ4n) is 1.40. The van der Waals surface area contributed by atoms with E-state index in [0.29, 0.717) is 26.4 Å². The van der Waals surface area contributed by atoms with E-state index >= 15 is 0 Å². The summed E-state index contributed by atoms with van der Waals surface area (Å²) in [6, 6.07) is 8.26. The molecule has 0 aliphatic carbocycles. The second kappa shape index (κ2) is 6.25. The number of benzene rings is 1. The summed E-state index contributed by atoms with van der Waals surface area (Å²) < 4.78 is 16.3. The first-order valence-electron chi connectivity index (χ1n) is 5.40. The average Bonchev–Trinajstić information content (AvgIpc) is 2.33. The Morgan fingerprint density at radius 3 is 2.81 bits per heavy atom. The van der Waals surface area contributed by atoms with E-state index in [1.54, 1.807) is 0 Å². The van der Waals surface area contributed by atoms with Gasteiger partial charge < -0.3 is 13.7 Å². The van der Waals surface area contributed by atoms with Gasteiger partial charge in [0, 0.05) is 16.9 Å². The molecule has 1 atom stereocenters. The molecule has 1 aromatic rings. The predicted octanol–water partition coefficient (Wildman–Crippen LogP) is 2.43. The van der Waals surface area contributed by atoms with Gasteiger partial charge in [-0.3, -0.25) is 0 Å². The molecule has 2 rings (SSSR count). The SMILES string of the molecule is Cc1ccc(SOC[C@@H]2COCCO2)cc1. The Morgan fingerprint density at radius 1 is 1.31 bits per heavy atom. The van der Waals surface area contributed by atoms with Gasteiger partial charge in [-0.2, -0.15) is 0 Å². The Bertz CT molecular complexity index is 307. The summed E-state index contributed by atoms with van der Waals surface area (Å²) in [7, 11) is 0. The van der Waals surface area contributed by atoms with Crippen LogP contribution in [0.15, 0.2) is 29.2 Å². The fraction of sp³-hybridized carbons (Fsp3) is 0.500. The molecule has 3 nitrogen and oxygen atoms in total. The number of hydrogen-bond acceptors (Lipinski definition) is 4. The lowest BCUT2D eigenvalue weighted by molar-refractivity contribution is -0.0994. The lowest BCUT2D eigenvalue weighted by atomic mass is 10.2. The largest absolute Gasteiger partial charge is 0.376 e. The molecule has 0 unspecified atom stereocenters. The molecule has 0 amide bonds. The molecular formula is C12H16O3S. The highest BCUT2D eigenvalue weighted by Crippen LogP contribution is 2.20. The van der Waals surface area contributed by atoms with Crippen molar-refractivity contribution >= 4 is 12.0 Å². The summed E-state index contributed by atoms with van der Waals surface area (Å²) in [5.74, 6) is 0. The van der Waals surface area contributed by atoms with Gasteiger partial charge in [-0.1, -0.05) is 17.7 Å². The van der Waals surface area contributed by atoms with Crippen molar-refractivity contribution in [2.24, 2.45) is 0 Å². The smallest absolute Gasteiger partial charge is 0.105 e. The van der Waals surface area contributed by atoms with Crippen LogP contribution in [0.25, 0.3) is 0 Å². The Balaban J connectivity index is 1.69. The molecule has 1 aliphatic rings. The number of ether oxygens (including phenoxy) is 2. The van der Waals surface area contributed by atoms with Gasteiger partial charge in [0.05, 0.1) is 26.4 Å². The normalized spacial score (nSPS) is 20.9. The Morgan fingerprint density at radius 2 is 2.12 bits per heavy atom. The third kappa shape index (κ3) is 3.79. The van der Waals surface area contributed by atoms with Crippen molar-refractivity contribution in [1.29, 1.82) is 0 Å². The van der Waals surface area contributed by atoms with Gasteiger partial charge in [0.2, 0.25) is 0 Å².